The number of likely N-dealkylation sites (N-methyl/N-ethyl adjacent to an activating group) is 1. The van der Waals surface area contributed by atoms with E-state index in [2.05, 4.69) is 26.6 Å². The Kier molecular flexibility index (Phi) is 6.35. The average Bonchev–Trinajstić information content (AvgIpc) is 3.00. The van der Waals surface area contributed by atoms with Crippen molar-refractivity contribution in [1.29, 1.82) is 0 Å². The van der Waals surface area contributed by atoms with Gasteiger partial charge in [-0.15, -0.1) is 0 Å². The van der Waals surface area contributed by atoms with Gasteiger partial charge in [-0.2, -0.15) is 0 Å². The lowest BCUT2D eigenvalue weighted by atomic mass is 10.2. The first kappa shape index (κ1) is 18.7. The number of rotatable bonds is 6. The van der Waals surface area contributed by atoms with Crippen molar-refractivity contribution in [2.24, 2.45) is 0 Å². The van der Waals surface area contributed by atoms with Crippen molar-refractivity contribution in [2.45, 2.75) is 6.92 Å². The molecule has 8 heteroatoms. The maximum atomic E-state index is 12.0. The quantitative estimate of drug-likeness (QED) is 0.767. The van der Waals surface area contributed by atoms with Crippen LogP contribution < -0.4 is 10.6 Å². The van der Waals surface area contributed by atoms with E-state index < -0.39 is 11.8 Å². The first-order valence-electron chi connectivity index (χ1n) is 7.49. The summed E-state index contributed by atoms with van der Waals surface area (Å²) in [5.41, 5.74) is 1.75. The summed E-state index contributed by atoms with van der Waals surface area (Å²) in [7, 11) is 1.49. The molecule has 132 valence electrons. The summed E-state index contributed by atoms with van der Waals surface area (Å²) < 4.78 is 5.52. The Morgan fingerprint density at radius 3 is 2.40 bits per heavy atom. The van der Waals surface area contributed by atoms with E-state index in [1.54, 1.807) is 18.2 Å². The third-order valence-corrected chi connectivity index (χ3v) is 3.77. The number of nitrogens with one attached hydrogen (secondary N) is 2. The van der Waals surface area contributed by atoms with Crippen LogP contribution in [-0.4, -0.2) is 42.8 Å². The number of benzene rings is 1. The lowest BCUT2D eigenvalue weighted by molar-refractivity contribution is -0.132. The van der Waals surface area contributed by atoms with E-state index in [0.717, 1.165) is 5.56 Å². The number of furan rings is 1. The van der Waals surface area contributed by atoms with Crippen LogP contribution in [-0.2, 0) is 9.59 Å². The Morgan fingerprint density at radius 1 is 1.12 bits per heavy atom. The van der Waals surface area contributed by atoms with Crippen LogP contribution in [0.25, 0.3) is 0 Å². The summed E-state index contributed by atoms with van der Waals surface area (Å²) in [6.45, 7) is 1.61. The summed E-state index contributed by atoms with van der Waals surface area (Å²) in [6.07, 6.45) is 0. The smallest absolute Gasteiger partial charge is 0.287 e. The van der Waals surface area contributed by atoms with Gasteiger partial charge in [-0.3, -0.25) is 14.4 Å². The standard InChI is InChI=1S/C17H18BrN3O4/c1-11-3-5-12(6-4-11)20-15(22)10-21(2)16(23)9-19-17(24)13-7-8-14(18)25-13/h3-8H,9-10H2,1-2H3,(H,19,24)(H,20,22). The van der Waals surface area contributed by atoms with Gasteiger partial charge in [0.1, 0.15) is 0 Å². The number of carbonyl (C=O) groups excluding carboxylic acids is 3. The van der Waals surface area contributed by atoms with E-state index in [1.807, 2.05) is 19.1 Å². The summed E-state index contributed by atoms with van der Waals surface area (Å²) in [4.78, 5) is 37.0. The minimum atomic E-state index is -0.503. The minimum Gasteiger partial charge on any atom is -0.444 e. The zero-order valence-electron chi connectivity index (χ0n) is 13.8. The summed E-state index contributed by atoms with van der Waals surface area (Å²) in [6, 6.07) is 10.4. The second kappa shape index (κ2) is 8.48. The molecule has 0 saturated heterocycles. The zero-order chi connectivity index (χ0) is 18.4. The molecule has 0 saturated carbocycles. The molecule has 3 amide bonds. The third kappa shape index (κ3) is 5.75. The summed E-state index contributed by atoms with van der Waals surface area (Å²) >= 11 is 3.10. The van der Waals surface area contributed by atoms with E-state index in [9.17, 15) is 14.4 Å². The number of nitrogens with zero attached hydrogens (tertiary/aromatic N) is 1. The number of amides is 3. The maximum absolute atomic E-state index is 12.0. The van der Waals surface area contributed by atoms with Crippen molar-refractivity contribution >= 4 is 39.3 Å². The third-order valence-electron chi connectivity index (χ3n) is 3.34. The van der Waals surface area contributed by atoms with Gasteiger partial charge in [0.25, 0.3) is 5.91 Å². The largest absolute Gasteiger partial charge is 0.444 e. The van der Waals surface area contributed by atoms with E-state index in [-0.39, 0.29) is 24.8 Å². The van der Waals surface area contributed by atoms with Crippen molar-refractivity contribution in [3.05, 3.63) is 52.4 Å². The van der Waals surface area contributed by atoms with Crippen LogP contribution in [0.1, 0.15) is 16.1 Å². The SMILES string of the molecule is Cc1ccc(NC(=O)CN(C)C(=O)CNC(=O)c2ccc(Br)o2)cc1. The van der Waals surface area contributed by atoms with Crippen molar-refractivity contribution in [3.8, 4) is 0 Å². The van der Waals surface area contributed by atoms with Crippen LogP contribution in [0, 0.1) is 6.92 Å². The number of hydrogen-bond donors (Lipinski definition) is 2. The first-order chi connectivity index (χ1) is 11.8. The number of aryl methyl sites for hydroxylation is 1. The fourth-order valence-electron chi connectivity index (χ4n) is 1.96. The topological polar surface area (TPSA) is 91.7 Å². The van der Waals surface area contributed by atoms with Gasteiger partial charge in [-0.25, -0.2) is 0 Å². The molecular formula is C17H18BrN3O4. The first-order valence-corrected chi connectivity index (χ1v) is 8.28. The van der Waals surface area contributed by atoms with Crippen LogP contribution in [0.5, 0.6) is 0 Å². The highest BCUT2D eigenvalue weighted by Crippen LogP contribution is 2.13. The maximum Gasteiger partial charge on any atom is 0.287 e. The average molecular weight is 408 g/mol. The number of anilines is 1. The number of hydrogen-bond acceptors (Lipinski definition) is 4. The van der Waals surface area contributed by atoms with Gasteiger partial charge in [0.15, 0.2) is 10.4 Å². The molecule has 0 atom stereocenters. The Balaban J connectivity index is 1.78. The molecule has 0 aliphatic carbocycles. The van der Waals surface area contributed by atoms with Crippen LogP contribution in [0.4, 0.5) is 5.69 Å². The molecule has 2 aromatic rings. The molecule has 0 spiro atoms. The van der Waals surface area contributed by atoms with Crippen LogP contribution in [0.15, 0.2) is 45.5 Å². The van der Waals surface area contributed by atoms with Gasteiger partial charge in [0.05, 0.1) is 13.1 Å². The Bertz CT molecular complexity index is 770. The second-order valence-corrected chi connectivity index (χ2v) is 6.23. The molecular weight excluding hydrogens is 390 g/mol. The highest BCUT2D eigenvalue weighted by atomic mass is 79.9. The van der Waals surface area contributed by atoms with Crippen LogP contribution >= 0.6 is 15.9 Å². The van der Waals surface area contributed by atoms with Crippen molar-refractivity contribution in [1.82, 2.24) is 10.2 Å². The van der Waals surface area contributed by atoms with Gasteiger partial charge in [-0.1, -0.05) is 17.7 Å². The van der Waals surface area contributed by atoms with Crippen molar-refractivity contribution in [3.63, 3.8) is 0 Å². The summed E-state index contributed by atoms with van der Waals surface area (Å²) in [5.74, 6) is -1.12. The lowest BCUT2D eigenvalue weighted by Crippen LogP contribution is -2.41. The molecule has 0 unspecified atom stereocenters. The predicted octanol–water partition coefficient (Wildman–Crippen LogP) is 2.18. The highest BCUT2D eigenvalue weighted by Gasteiger charge is 2.16. The van der Waals surface area contributed by atoms with Gasteiger partial charge < -0.3 is 20.0 Å². The molecule has 2 rings (SSSR count). The molecule has 1 heterocycles. The Morgan fingerprint density at radius 2 is 1.80 bits per heavy atom. The molecule has 0 radical (unpaired) electrons. The normalized spacial score (nSPS) is 10.2. The minimum absolute atomic E-state index is 0.0967. The van der Waals surface area contributed by atoms with E-state index >= 15 is 0 Å². The van der Waals surface area contributed by atoms with Crippen molar-refractivity contribution < 1.29 is 18.8 Å². The lowest BCUT2D eigenvalue weighted by Gasteiger charge is -2.17. The fraction of sp³-hybridized carbons (Fsp3) is 0.235. The molecule has 0 bridgehead atoms. The molecule has 25 heavy (non-hydrogen) atoms. The fourth-order valence-corrected chi connectivity index (χ4v) is 2.26. The van der Waals surface area contributed by atoms with E-state index in [1.165, 1.54) is 18.0 Å². The summed E-state index contributed by atoms with van der Waals surface area (Å²) in [5, 5.41) is 5.15. The Labute approximate surface area is 153 Å². The van der Waals surface area contributed by atoms with E-state index in [4.69, 9.17) is 4.42 Å². The molecule has 0 aliphatic rings. The predicted molar refractivity (Wildman–Crippen MR) is 96.2 cm³/mol. The molecule has 0 aliphatic heterocycles. The monoisotopic (exact) mass is 407 g/mol. The zero-order valence-corrected chi connectivity index (χ0v) is 15.4. The second-order valence-electron chi connectivity index (χ2n) is 5.45. The highest BCUT2D eigenvalue weighted by molar-refractivity contribution is 9.10. The van der Waals surface area contributed by atoms with Crippen LogP contribution in [0.3, 0.4) is 0 Å². The van der Waals surface area contributed by atoms with E-state index in [0.29, 0.717) is 10.4 Å². The molecule has 2 N–H and O–H groups in total. The van der Waals surface area contributed by atoms with Gasteiger partial charge in [0.2, 0.25) is 11.8 Å². The molecule has 1 aromatic heterocycles. The molecule has 7 nitrogen and oxygen atoms in total. The van der Waals surface area contributed by atoms with Crippen molar-refractivity contribution in [2.75, 3.05) is 25.5 Å². The Hall–Kier alpha value is -2.61. The van der Waals surface area contributed by atoms with Gasteiger partial charge in [0, 0.05) is 12.7 Å². The number of carbonyl (C=O) groups is 3. The molecule has 1 aromatic carbocycles. The van der Waals surface area contributed by atoms with Gasteiger partial charge in [-0.05, 0) is 47.1 Å². The van der Waals surface area contributed by atoms with Crippen LogP contribution in [0.2, 0.25) is 0 Å². The molecule has 0 fully saturated rings. The van der Waals surface area contributed by atoms with Gasteiger partial charge >= 0.3 is 0 Å². The number of halogens is 1.